The summed E-state index contributed by atoms with van der Waals surface area (Å²) in [5, 5.41) is 2.50. The number of ether oxygens (including phenoxy) is 2. The predicted octanol–water partition coefficient (Wildman–Crippen LogP) is 0.968. The number of methoxy groups -OCH3 is 1. The number of nitrogens with zero attached hydrogens (tertiary/aromatic N) is 1. The Labute approximate surface area is 233 Å². The Hall–Kier alpha value is -3.45. The molecule has 1 fully saturated rings. The number of furan rings is 1. The van der Waals surface area contributed by atoms with E-state index in [0.717, 1.165) is 12.1 Å². The fraction of sp³-hybridized carbons (Fsp3) is 0.400. The third kappa shape index (κ3) is 5.57. The van der Waals surface area contributed by atoms with Gasteiger partial charge in [0.05, 0.1) is 18.8 Å². The van der Waals surface area contributed by atoms with Crippen LogP contribution in [0.3, 0.4) is 0 Å². The van der Waals surface area contributed by atoms with E-state index in [0.29, 0.717) is 34.9 Å². The minimum absolute atomic E-state index is 0.110. The van der Waals surface area contributed by atoms with Crippen molar-refractivity contribution < 1.29 is 36.3 Å². The molecule has 15 heteroatoms. The summed E-state index contributed by atoms with van der Waals surface area (Å²) >= 11 is 6.03. The molecule has 1 saturated carbocycles. The van der Waals surface area contributed by atoms with E-state index < -0.39 is 50.2 Å². The number of sulfonamides is 1. The Kier molecular flexibility index (Phi) is 7.15. The number of rotatable bonds is 10. The van der Waals surface area contributed by atoms with Crippen LogP contribution >= 0.6 is 11.6 Å². The third-order valence-electron chi connectivity index (χ3n) is 6.57. The molecule has 13 nitrogen and oxygen atoms in total. The molecule has 1 atom stereocenters. The Bertz CT molecular complexity index is 1650. The van der Waals surface area contributed by atoms with E-state index in [1.54, 1.807) is 22.9 Å². The van der Waals surface area contributed by atoms with Crippen molar-refractivity contribution in [1.82, 2.24) is 15.0 Å². The van der Waals surface area contributed by atoms with Crippen LogP contribution in [0.5, 0.6) is 0 Å². The zero-order chi connectivity index (χ0) is 28.8. The lowest BCUT2D eigenvalue weighted by Crippen LogP contribution is -2.60. The van der Waals surface area contributed by atoms with E-state index in [1.165, 1.54) is 7.11 Å². The maximum absolute atomic E-state index is 12.8. The number of nitrogens with one attached hydrogen (secondary N) is 2. The molecule has 2 heterocycles. The molecule has 2 aromatic heterocycles. The molecule has 1 aromatic carbocycles. The lowest BCUT2D eigenvalue weighted by Gasteiger charge is -2.49. The van der Waals surface area contributed by atoms with Crippen LogP contribution in [0.25, 0.3) is 11.1 Å². The number of carbonyl (C=O) groups is 2. The van der Waals surface area contributed by atoms with Gasteiger partial charge in [-0.2, -0.15) is 8.42 Å². The highest BCUT2D eigenvalue weighted by atomic mass is 35.5. The maximum atomic E-state index is 12.8. The van der Waals surface area contributed by atoms with Crippen molar-refractivity contribution in [3.8, 4) is 11.8 Å². The van der Waals surface area contributed by atoms with Crippen molar-refractivity contribution in [3.63, 3.8) is 0 Å². The van der Waals surface area contributed by atoms with Gasteiger partial charge in [0.1, 0.15) is 12.1 Å². The molecule has 3 aromatic rings. The Balaban J connectivity index is 1.18. The summed E-state index contributed by atoms with van der Waals surface area (Å²) in [5.41, 5.74) is 11.3. The van der Waals surface area contributed by atoms with Gasteiger partial charge in [-0.05, 0) is 43.2 Å². The van der Waals surface area contributed by atoms with Crippen molar-refractivity contribution in [2.45, 2.75) is 35.6 Å². The van der Waals surface area contributed by atoms with Crippen LogP contribution in [0, 0.1) is 17.3 Å². The molecule has 6 N–H and O–H groups in total. The highest BCUT2D eigenvalue weighted by molar-refractivity contribution is 7.89. The number of fused-ring (bicyclic) bond motifs is 1. The Morgan fingerprint density at radius 1 is 1.12 bits per heavy atom. The largest absolute Gasteiger partial charge is 0.439 e. The quantitative estimate of drug-likeness (QED) is 0.149. The van der Waals surface area contributed by atoms with Gasteiger partial charge in [0.25, 0.3) is 21.8 Å². The molecular formula is C25H26ClN5O8S. The number of halogens is 1. The van der Waals surface area contributed by atoms with E-state index in [2.05, 4.69) is 22.1 Å². The van der Waals surface area contributed by atoms with Gasteiger partial charge in [0, 0.05) is 24.0 Å². The second-order valence-corrected chi connectivity index (χ2v) is 12.0. The standard InChI is InChI=1S/C25H26ClN5O8S/c1-36-8-9-37-11-19(32)31-40(34,35)20-5-4-18(38-20)21(33)30-25(28)7-6-23(14-25)12-24(27,13-23)22-29-16-10-15(26)2-3-17(16)39-22/h2-5,10H,8-9,11-14,27-28H2,1H3,(H,30,33)(H,31,32)/t23?,24?,25-/m0/s1. The van der Waals surface area contributed by atoms with Crippen LogP contribution < -0.4 is 21.5 Å². The molecular weight excluding hydrogens is 566 g/mol. The average Bonchev–Trinajstić information content (AvgIpc) is 3.59. The molecule has 0 radical (unpaired) electrons. The van der Waals surface area contributed by atoms with Gasteiger partial charge in [-0.25, -0.2) is 9.71 Å². The molecule has 2 amide bonds. The molecule has 1 spiro atoms. The number of nitrogens with two attached hydrogens (primary N) is 2. The first-order chi connectivity index (χ1) is 18.8. The monoisotopic (exact) mass is 591 g/mol. The first-order valence-electron chi connectivity index (χ1n) is 12.1. The SMILES string of the molecule is COCCOCC(=O)NS(=O)(=O)c1ccc(C(=O)N[C@@]2(N)C#CC3(CC(N)(c4nc5cc(Cl)ccc5o4)C3)C2)o1. The fourth-order valence-corrected chi connectivity index (χ4v) is 6.04. The van der Waals surface area contributed by atoms with Crippen molar-refractivity contribution in [2.75, 3.05) is 26.9 Å². The highest BCUT2D eigenvalue weighted by Crippen LogP contribution is 2.57. The molecule has 2 aliphatic carbocycles. The molecule has 0 saturated heterocycles. The summed E-state index contributed by atoms with van der Waals surface area (Å²) in [5.74, 6) is 4.33. The molecule has 5 rings (SSSR count). The average molecular weight is 592 g/mol. The summed E-state index contributed by atoms with van der Waals surface area (Å²) < 4.78 is 47.5. The summed E-state index contributed by atoms with van der Waals surface area (Å²) in [6.45, 7) is -0.151. The van der Waals surface area contributed by atoms with Gasteiger partial charge >= 0.3 is 0 Å². The fourth-order valence-electron chi connectivity index (χ4n) is 4.96. The maximum Gasteiger partial charge on any atom is 0.297 e. The Morgan fingerprint density at radius 2 is 1.90 bits per heavy atom. The second kappa shape index (κ2) is 10.2. The zero-order valence-corrected chi connectivity index (χ0v) is 22.9. The van der Waals surface area contributed by atoms with Crippen molar-refractivity contribution in [2.24, 2.45) is 16.9 Å². The summed E-state index contributed by atoms with van der Waals surface area (Å²) in [4.78, 5) is 29.2. The lowest BCUT2D eigenvalue weighted by molar-refractivity contribution is -0.124. The van der Waals surface area contributed by atoms with Crippen LogP contribution in [-0.2, 0) is 29.8 Å². The van der Waals surface area contributed by atoms with Gasteiger partial charge in [-0.1, -0.05) is 23.4 Å². The molecule has 0 aliphatic heterocycles. The number of hydrogen-bond acceptors (Lipinski definition) is 11. The normalized spacial score (nSPS) is 25.4. The number of amides is 2. The predicted molar refractivity (Wildman–Crippen MR) is 140 cm³/mol. The van der Waals surface area contributed by atoms with Crippen LogP contribution in [-0.4, -0.2) is 57.8 Å². The number of aromatic nitrogens is 1. The van der Waals surface area contributed by atoms with Gasteiger partial charge < -0.3 is 29.4 Å². The van der Waals surface area contributed by atoms with Crippen LogP contribution in [0.1, 0.15) is 35.7 Å². The van der Waals surface area contributed by atoms with Crippen molar-refractivity contribution in [1.29, 1.82) is 0 Å². The smallest absolute Gasteiger partial charge is 0.297 e. The molecule has 40 heavy (non-hydrogen) atoms. The van der Waals surface area contributed by atoms with Crippen molar-refractivity contribution in [3.05, 3.63) is 47.0 Å². The second-order valence-electron chi connectivity index (χ2n) is 9.97. The molecule has 2 aliphatic rings. The van der Waals surface area contributed by atoms with Gasteiger partial charge in [0.2, 0.25) is 11.0 Å². The number of carbonyl (C=O) groups excluding carboxylic acids is 2. The summed E-state index contributed by atoms with van der Waals surface area (Å²) in [6, 6.07) is 7.31. The summed E-state index contributed by atoms with van der Waals surface area (Å²) in [7, 11) is -2.92. The van der Waals surface area contributed by atoms with Crippen LogP contribution in [0.15, 0.2) is 44.3 Å². The minimum atomic E-state index is -4.38. The zero-order valence-electron chi connectivity index (χ0n) is 21.3. The third-order valence-corrected chi connectivity index (χ3v) is 8.05. The Morgan fingerprint density at radius 3 is 2.65 bits per heavy atom. The topological polar surface area (TPSA) is 202 Å². The van der Waals surface area contributed by atoms with E-state index >= 15 is 0 Å². The minimum Gasteiger partial charge on any atom is -0.439 e. The van der Waals surface area contributed by atoms with Gasteiger partial charge in [0.15, 0.2) is 17.0 Å². The van der Waals surface area contributed by atoms with E-state index in [9.17, 15) is 18.0 Å². The number of hydrogen-bond donors (Lipinski definition) is 4. The lowest BCUT2D eigenvalue weighted by atomic mass is 9.57. The van der Waals surface area contributed by atoms with Gasteiger partial charge in [-0.15, -0.1) is 0 Å². The number of benzene rings is 1. The molecule has 0 unspecified atom stereocenters. The first kappa shape index (κ1) is 28.1. The van der Waals surface area contributed by atoms with Crippen LogP contribution in [0.4, 0.5) is 0 Å². The molecule has 212 valence electrons. The van der Waals surface area contributed by atoms with E-state index in [4.69, 9.17) is 41.4 Å². The van der Waals surface area contributed by atoms with Gasteiger partial charge in [-0.3, -0.25) is 15.3 Å². The van der Waals surface area contributed by atoms with Crippen LogP contribution in [0.2, 0.25) is 5.02 Å². The highest BCUT2D eigenvalue weighted by Gasteiger charge is 2.59. The first-order valence-corrected chi connectivity index (χ1v) is 13.9. The van der Waals surface area contributed by atoms with Crippen molar-refractivity contribution >= 4 is 44.5 Å². The number of oxazole rings is 1. The summed E-state index contributed by atoms with van der Waals surface area (Å²) in [6.07, 6.45) is 1.04. The molecule has 0 bridgehead atoms. The van der Waals surface area contributed by atoms with E-state index in [1.807, 2.05) is 0 Å². The van der Waals surface area contributed by atoms with E-state index in [-0.39, 0.29) is 25.4 Å².